The number of hydrogen-bond donors (Lipinski definition) is 0. The summed E-state index contributed by atoms with van der Waals surface area (Å²) >= 11 is 0. The average molecular weight is 320 g/mol. The Labute approximate surface area is 136 Å². The quantitative estimate of drug-likeness (QED) is 0.427. The van der Waals surface area contributed by atoms with Crippen LogP contribution in [0.1, 0.15) is 5.56 Å². The molecule has 0 unspecified atom stereocenters. The van der Waals surface area contributed by atoms with Crippen molar-refractivity contribution >= 4 is 11.3 Å². The van der Waals surface area contributed by atoms with Gasteiger partial charge in [-0.05, 0) is 18.6 Å². The largest absolute Gasteiger partial charge is 0.271 e. The van der Waals surface area contributed by atoms with Gasteiger partial charge in [0.2, 0.25) is 0 Å². The second-order valence-electron chi connectivity index (χ2n) is 5.33. The fourth-order valence-corrected chi connectivity index (χ4v) is 2.69. The standard InChI is InChI=1S/C16H12N6O2/c1-11-2-3-13(22(23)24)8-14(11)20-7-5-16-17-10-15(21(16)20)12-4-6-18-19-9-12/h2-10H,1H3. The molecule has 3 aromatic heterocycles. The lowest BCUT2D eigenvalue weighted by Gasteiger charge is -2.11. The van der Waals surface area contributed by atoms with Gasteiger partial charge in [-0.2, -0.15) is 10.2 Å². The van der Waals surface area contributed by atoms with E-state index >= 15 is 0 Å². The molecule has 0 spiro atoms. The first-order valence-corrected chi connectivity index (χ1v) is 7.23. The number of aromatic nitrogens is 5. The summed E-state index contributed by atoms with van der Waals surface area (Å²) in [7, 11) is 0. The molecule has 0 radical (unpaired) electrons. The Balaban J connectivity index is 1.97. The molecule has 118 valence electrons. The highest BCUT2D eigenvalue weighted by Gasteiger charge is 2.15. The van der Waals surface area contributed by atoms with Crippen LogP contribution < -0.4 is 0 Å². The summed E-state index contributed by atoms with van der Waals surface area (Å²) < 4.78 is 3.74. The molecule has 8 heteroatoms. The number of non-ortho nitro benzene ring substituents is 1. The van der Waals surface area contributed by atoms with E-state index in [1.54, 1.807) is 30.7 Å². The van der Waals surface area contributed by atoms with Gasteiger partial charge in [0.25, 0.3) is 5.69 Å². The molecule has 0 aliphatic heterocycles. The van der Waals surface area contributed by atoms with Crippen molar-refractivity contribution in [3.63, 3.8) is 0 Å². The molecule has 0 bridgehead atoms. The van der Waals surface area contributed by atoms with E-state index in [1.807, 2.05) is 34.5 Å². The Morgan fingerprint density at radius 3 is 2.75 bits per heavy atom. The van der Waals surface area contributed by atoms with Crippen molar-refractivity contribution in [2.45, 2.75) is 6.92 Å². The number of hydrogen-bond acceptors (Lipinski definition) is 5. The third-order valence-corrected chi connectivity index (χ3v) is 3.87. The Morgan fingerprint density at radius 2 is 2.00 bits per heavy atom. The van der Waals surface area contributed by atoms with Gasteiger partial charge in [0.15, 0.2) is 5.65 Å². The zero-order valence-corrected chi connectivity index (χ0v) is 12.7. The van der Waals surface area contributed by atoms with Gasteiger partial charge in [0, 0.05) is 30.0 Å². The van der Waals surface area contributed by atoms with E-state index in [1.165, 1.54) is 6.07 Å². The number of aryl methyl sites for hydroxylation is 1. The van der Waals surface area contributed by atoms with Crippen molar-refractivity contribution in [1.29, 1.82) is 0 Å². The molecular weight excluding hydrogens is 308 g/mol. The monoisotopic (exact) mass is 320 g/mol. The minimum Gasteiger partial charge on any atom is -0.258 e. The fourth-order valence-electron chi connectivity index (χ4n) is 2.69. The molecule has 0 aliphatic carbocycles. The van der Waals surface area contributed by atoms with Crippen LogP contribution in [0.25, 0.3) is 22.6 Å². The van der Waals surface area contributed by atoms with E-state index in [9.17, 15) is 10.1 Å². The highest BCUT2D eigenvalue weighted by molar-refractivity contribution is 5.63. The van der Waals surface area contributed by atoms with Gasteiger partial charge in [-0.15, -0.1) is 0 Å². The predicted octanol–water partition coefficient (Wildman–Crippen LogP) is 2.80. The number of fused-ring (bicyclic) bond motifs is 1. The maximum Gasteiger partial charge on any atom is 0.271 e. The zero-order chi connectivity index (χ0) is 16.7. The molecule has 8 nitrogen and oxygen atoms in total. The maximum absolute atomic E-state index is 11.1. The van der Waals surface area contributed by atoms with Gasteiger partial charge in [0.05, 0.1) is 34.9 Å². The number of rotatable bonds is 3. The number of nitrogens with zero attached hydrogens (tertiary/aromatic N) is 6. The Kier molecular flexibility index (Phi) is 3.09. The Hall–Kier alpha value is -3.55. The van der Waals surface area contributed by atoms with Crippen LogP contribution >= 0.6 is 0 Å². The summed E-state index contributed by atoms with van der Waals surface area (Å²) in [4.78, 5) is 15.1. The van der Waals surface area contributed by atoms with Crippen molar-refractivity contribution in [3.05, 3.63) is 70.8 Å². The van der Waals surface area contributed by atoms with E-state index in [-0.39, 0.29) is 5.69 Å². The summed E-state index contributed by atoms with van der Waals surface area (Å²) in [5.41, 5.74) is 4.12. The molecule has 0 saturated carbocycles. The first kappa shape index (κ1) is 14.1. The summed E-state index contributed by atoms with van der Waals surface area (Å²) in [5.74, 6) is 0. The van der Waals surface area contributed by atoms with Crippen LogP contribution in [0.5, 0.6) is 0 Å². The summed E-state index contributed by atoms with van der Waals surface area (Å²) in [6.07, 6.45) is 6.85. The molecule has 0 N–H and O–H groups in total. The van der Waals surface area contributed by atoms with Gasteiger partial charge in [-0.1, -0.05) is 6.07 Å². The molecule has 0 fully saturated rings. The van der Waals surface area contributed by atoms with Crippen molar-refractivity contribution in [3.8, 4) is 16.9 Å². The first-order chi connectivity index (χ1) is 11.6. The molecular formula is C16H12N6O2. The number of nitro benzene ring substituents is 1. The maximum atomic E-state index is 11.1. The SMILES string of the molecule is Cc1ccc([N+](=O)[O-])cc1-n1ccc2ncc(-c3ccnnc3)n21. The summed E-state index contributed by atoms with van der Waals surface area (Å²) in [6.45, 7) is 1.91. The van der Waals surface area contributed by atoms with Crippen LogP contribution in [0.3, 0.4) is 0 Å². The summed E-state index contributed by atoms with van der Waals surface area (Å²) in [5, 5.41) is 18.8. The average Bonchev–Trinajstić information content (AvgIpc) is 3.18. The minimum atomic E-state index is -0.398. The van der Waals surface area contributed by atoms with Crippen LogP contribution in [-0.2, 0) is 0 Å². The van der Waals surface area contributed by atoms with Crippen LogP contribution in [0.4, 0.5) is 5.69 Å². The van der Waals surface area contributed by atoms with E-state index in [0.717, 1.165) is 28.2 Å². The second-order valence-corrected chi connectivity index (χ2v) is 5.33. The van der Waals surface area contributed by atoms with Crippen molar-refractivity contribution in [2.24, 2.45) is 0 Å². The highest BCUT2D eigenvalue weighted by Crippen LogP contribution is 2.25. The number of imidazole rings is 1. The minimum absolute atomic E-state index is 0.0460. The van der Waals surface area contributed by atoms with Crippen molar-refractivity contribution in [1.82, 2.24) is 24.4 Å². The van der Waals surface area contributed by atoms with E-state index < -0.39 is 4.92 Å². The molecule has 1 aromatic carbocycles. The number of nitro groups is 1. The topological polar surface area (TPSA) is 91.1 Å². The second kappa shape index (κ2) is 5.27. The third-order valence-electron chi connectivity index (χ3n) is 3.87. The molecule has 0 aliphatic rings. The fraction of sp³-hybridized carbons (Fsp3) is 0.0625. The van der Waals surface area contributed by atoms with Gasteiger partial charge in [-0.25, -0.2) is 9.50 Å². The van der Waals surface area contributed by atoms with Crippen LogP contribution in [0.2, 0.25) is 0 Å². The molecule has 0 saturated heterocycles. The molecule has 4 aromatic rings. The van der Waals surface area contributed by atoms with Crippen molar-refractivity contribution < 1.29 is 4.92 Å². The van der Waals surface area contributed by atoms with Crippen LogP contribution in [0, 0.1) is 17.0 Å². The first-order valence-electron chi connectivity index (χ1n) is 7.23. The summed E-state index contributed by atoms with van der Waals surface area (Å²) in [6, 6.07) is 8.50. The highest BCUT2D eigenvalue weighted by atomic mass is 16.6. The van der Waals surface area contributed by atoms with Gasteiger partial charge in [-0.3, -0.25) is 14.8 Å². The van der Waals surface area contributed by atoms with Crippen molar-refractivity contribution in [2.75, 3.05) is 0 Å². The van der Waals surface area contributed by atoms with Gasteiger partial charge >= 0.3 is 0 Å². The van der Waals surface area contributed by atoms with Gasteiger partial charge < -0.3 is 0 Å². The molecule has 0 atom stereocenters. The van der Waals surface area contributed by atoms with Gasteiger partial charge in [0.1, 0.15) is 0 Å². The lowest BCUT2D eigenvalue weighted by Crippen LogP contribution is -2.05. The van der Waals surface area contributed by atoms with E-state index in [2.05, 4.69) is 15.2 Å². The third kappa shape index (κ3) is 2.12. The Morgan fingerprint density at radius 1 is 1.12 bits per heavy atom. The Bertz CT molecular complexity index is 1050. The normalized spacial score (nSPS) is 11.0. The lowest BCUT2D eigenvalue weighted by molar-refractivity contribution is -0.384. The lowest BCUT2D eigenvalue weighted by atomic mass is 10.2. The van der Waals surface area contributed by atoms with Crippen LogP contribution in [-0.4, -0.2) is 29.3 Å². The predicted molar refractivity (Wildman–Crippen MR) is 86.9 cm³/mol. The molecule has 24 heavy (non-hydrogen) atoms. The van der Waals surface area contributed by atoms with Crippen LogP contribution in [0.15, 0.2) is 55.1 Å². The van der Waals surface area contributed by atoms with E-state index in [0.29, 0.717) is 0 Å². The molecule has 3 heterocycles. The zero-order valence-electron chi connectivity index (χ0n) is 12.7. The molecule has 4 rings (SSSR count). The smallest absolute Gasteiger partial charge is 0.258 e. The number of benzene rings is 1. The molecule has 0 amide bonds. The van der Waals surface area contributed by atoms with E-state index in [4.69, 9.17) is 0 Å².